The predicted octanol–water partition coefficient (Wildman–Crippen LogP) is -3.98. The summed E-state index contributed by atoms with van der Waals surface area (Å²) < 4.78 is 1.61. The molecule has 0 aromatic carbocycles. The number of aliphatic imine (C=N–C) groups is 2. The highest BCUT2D eigenvalue weighted by Crippen LogP contribution is 2.00. The molecule has 0 N–H and O–H groups in total. The van der Waals surface area contributed by atoms with Crippen molar-refractivity contribution < 1.29 is 56.9 Å². The zero-order chi connectivity index (χ0) is 14.1. The lowest BCUT2D eigenvalue weighted by Crippen LogP contribution is -3.00. The monoisotopic (exact) mass is 510 g/mol. The first kappa shape index (κ1) is 25.7. The number of unbranched alkanes of at least 4 members (excludes halogenated alkanes) is 3. The van der Waals surface area contributed by atoms with Crippen LogP contribution in [-0.4, -0.2) is 77.0 Å². The van der Waals surface area contributed by atoms with Crippen molar-refractivity contribution in [2.45, 2.75) is 25.7 Å². The van der Waals surface area contributed by atoms with E-state index in [4.69, 9.17) is 0 Å². The van der Waals surface area contributed by atoms with Crippen LogP contribution < -0.4 is 48.0 Å². The minimum Gasteiger partial charge on any atom is -1.00 e. The van der Waals surface area contributed by atoms with Crippen LogP contribution in [0.1, 0.15) is 25.7 Å². The molecule has 0 fully saturated rings. The van der Waals surface area contributed by atoms with Crippen LogP contribution in [0.2, 0.25) is 0 Å². The highest BCUT2D eigenvalue weighted by molar-refractivity contribution is 5.45. The van der Waals surface area contributed by atoms with Crippen molar-refractivity contribution in [3.63, 3.8) is 0 Å². The summed E-state index contributed by atoms with van der Waals surface area (Å²) in [7, 11) is 12.7. The second-order valence-electron chi connectivity index (χ2n) is 6.69. The first-order valence-corrected chi connectivity index (χ1v) is 6.85. The van der Waals surface area contributed by atoms with Gasteiger partial charge < -0.3 is 48.0 Å². The molecule has 0 aliphatic rings. The van der Waals surface area contributed by atoms with Gasteiger partial charge >= 0.3 is 0 Å². The van der Waals surface area contributed by atoms with Crippen molar-refractivity contribution in [1.82, 2.24) is 0 Å². The fourth-order valence-electron chi connectivity index (χ4n) is 1.37. The summed E-state index contributed by atoms with van der Waals surface area (Å²) in [5.74, 6) is 0. The average Bonchev–Trinajstić information content (AvgIpc) is 2.17. The molecule has 0 unspecified atom stereocenters. The molecule has 122 valence electrons. The van der Waals surface area contributed by atoms with Crippen LogP contribution in [0.15, 0.2) is 9.98 Å². The fraction of sp³-hybridized carbons (Fsp3) is 0.857. The van der Waals surface area contributed by atoms with Crippen LogP contribution in [0.5, 0.6) is 0 Å². The molecule has 0 aliphatic heterocycles. The Morgan fingerprint density at radius 2 is 0.900 bits per heavy atom. The topological polar surface area (TPSA) is 24.7 Å². The SMILES string of the molecule is C[N+](C)(C)C=NCCCCCCN=C[N+](C)(C)C.[I-].[I-]. The zero-order valence-electron chi connectivity index (χ0n) is 13.9. The Balaban J connectivity index is -0.00000144. The molecule has 0 aliphatic carbocycles. The number of rotatable bonds is 9. The second-order valence-corrected chi connectivity index (χ2v) is 6.69. The molecule has 0 aromatic heterocycles. The Hall–Kier alpha value is 0.720. The van der Waals surface area contributed by atoms with Gasteiger partial charge in [0, 0.05) is 13.1 Å². The molecule has 0 bridgehead atoms. The van der Waals surface area contributed by atoms with Crippen LogP contribution >= 0.6 is 0 Å². The molecular formula is C14H32I2N4. The molecule has 6 heteroatoms. The summed E-state index contributed by atoms with van der Waals surface area (Å²) in [5.41, 5.74) is 0. The predicted molar refractivity (Wildman–Crippen MR) is 81.3 cm³/mol. The maximum Gasteiger partial charge on any atom is 0.184 e. The van der Waals surface area contributed by atoms with E-state index in [1.807, 2.05) is 12.7 Å². The van der Waals surface area contributed by atoms with Gasteiger partial charge in [-0.25, -0.2) is 9.98 Å². The Morgan fingerprint density at radius 1 is 0.600 bits per heavy atom. The van der Waals surface area contributed by atoms with Crippen LogP contribution in [0.25, 0.3) is 0 Å². The first-order chi connectivity index (χ1) is 8.21. The minimum absolute atomic E-state index is 0. The van der Waals surface area contributed by atoms with Crippen LogP contribution in [0.4, 0.5) is 0 Å². The highest BCUT2D eigenvalue weighted by atomic mass is 127. The summed E-state index contributed by atoms with van der Waals surface area (Å²) in [4.78, 5) is 8.85. The van der Waals surface area contributed by atoms with Crippen molar-refractivity contribution in [1.29, 1.82) is 0 Å². The number of quaternary nitrogens is 2. The lowest BCUT2D eigenvalue weighted by molar-refractivity contribution is -0.769. The lowest BCUT2D eigenvalue weighted by atomic mass is 10.2. The second kappa shape index (κ2) is 13.4. The van der Waals surface area contributed by atoms with Gasteiger partial charge in [-0.05, 0) is 12.8 Å². The molecule has 20 heavy (non-hydrogen) atoms. The van der Waals surface area contributed by atoms with Gasteiger partial charge in [0.05, 0.1) is 42.3 Å². The summed E-state index contributed by atoms with van der Waals surface area (Å²) in [6.45, 7) is 1.91. The minimum atomic E-state index is 0. The fourth-order valence-corrected chi connectivity index (χ4v) is 1.37. The van der Waals surface area contributed by atoms with E-state index < -0.39 is 0 Å². The van der Waals surface area contributed by atoms with E-state index in [1.54, 1.807) is 0 Å². The van der Waals surface area contributed by atoms with Gasteiger partial charge in [-0.15, -0.1) is 0 Å². The third kappa shape index (κ3) is 23.8. The summed E-state index contributed by atoms with van der Waals surface area (Å²) in [6, 6.07) is 0. The van der Waals surface area contributed by atoms with Crippen molar-refractivity contribution in [2.24, 2.45) is 9.98 Å². The molecule has 0 saturated carbocycles. The Kier molecular flexibility index (Phi) is 17.2. The van der Waals surface area contributed by atoms with E-state index in [2.05, 4.69) is 52.3 Å². The molecular weight excluding hydrogens is 478 g/mol. The summed E-state index contributed by atoms with van der Waals surface area (Å²) in [6.07, 6.45) is 8.91. The average molecular weight is 510 g/mol. The van der Waals surface area contributed by atoms with Crippen molar-refractivity contribution in [3.8, 4) is 0 Å². The van der Waals surface area contributed by atoms with E-state index in [1.165, 1.54) is 25.7 Å². The Bertz CT molecular complexity index is 237. The Labute approximate surface area is 160 Å². The largest absolute Gasteiger partial charge is 1.00 e. The molecule has 0 saturated heterocycles. The van der Waals surface area contributed by atoms with Gasteiger partial charge in [-0.3, -0.25) is 8.97 Å². The maximum absolute atomic E-state index is 4.42. The molecule has 4 nitrogen and oxygen atoms in total. The normalized spacial score (nSPS) is 12.5. The first-order valence-electron chi connectivity index (χ1n) is 6.85. The van der Waals surface area contributed by atoms with Crippen LogP contribution in [-0.2, 0) is 0 Å². The third-order valence-corrected chi connectivity index (χ3v) is 2.18. The van der Waals surface area contributed by atoms with Crippen molar-refractivity contribution in [2.75, 3.05) is 55.4 Å². The lowest BCUT2D eigenvalue weighted by Gasteiger charge is -2.15. The van der Waals surface area contributed by atoms with E-state index in [-0.39, 0.29) is 48.0 Å². The standard InChI is InChI=1S/C14H32N4.2HI/c1-17(2,3)13-15-11-9-7-8-10-12-16-14-18(4,5)6;;/h13-14H,7-12H2,1-6H3;2*1H/q+2;;/p-2. The van der Waals surface area contributed by atoms with Gasteiger partial charge in [-0.1, -0.05) is 12.8 Å². The molecule has 0 aromatic rings. The maximum atomic E-state index is 4.42. The van der Waals surface area contributed by atoms with Crippen molar-refractivity contribution >= 4 is 12.7 Å². The quantitative estimate of drug-likeness (QED) is 0.0996. The smallest absolute Gasteiger partial charge is 0.184 e. The van der Waals surface area contributed by atoms with Crippen LogP contribution in [0, 0.1) is 0 Å². The van der Waals surface area contributed by atoms with Crippen LogP contribution in [0.3, 0.4) is 0 Å². The highest BCUT2D eigenvalue weighted by Gasteiger charge is 2.00. The molecule has 0 amide bonds. The summed E-state index contributed by atoms with van der Waals surface area (Å²) in [5, 5.41) is 0. The summed E-state index contributed by atoms with van der Waals surface area (Å²) >= 11 is 0. The third-order valence-electron chi connectivity index (χ3n) is 2.18. The number of hydrogen-bond donors (Lipinski definition) is 0. The van der Waals surface area contributed by atoms with Gasteiger partial charge in [0.15, 0.2) is 12.7 Å². The van der Waals surface area contributed by atoms with Gasteiger partial charge in [0.2, 0.25) is 0 Å². The Morgan fingerprint density at radius 3 is 1.15 bits per heavy atom. The molecule has 0 spiro atoms. The number of nitrogens with zero attached hydrogens (tertiary/aromatic N) is 4. The van der Waals surface area contributed by atoms with Gasteiger partial charge in [0.1, 0.15) is 0 Å². The molecule has 0 rings (SSSR count). The number of halogens is 2. The number of hydrogen-bond acceptors (Lipinski definition) is 2. The molecule has 0 atom stereocenters. The van der Waals surface area contributed by atoms with Crippen molar-refractivity contribution in [3.05, 3.63) is 0 Å². The van der Waals surface area contributed by atoms with E-state index in [9.17, 15) is 0 Å². The van der Waals surface area contributed by atoms with E-state index in [0.717, 1.165) is 22.1 Å². The zero-order valence-corrected chi connectivity index (χ0v) is 18.3. The van der Waals surface area contributed by atoms with Gasteiger partial charge in [0.25, 0.3) is 0 Å². The van der Waals surface area contributed by atoms with E-state index in [0.29, 0.717) is 0 Å². The molecule has 0 heterocycles. The molecule has 0 radical (unpaired) electrons. The van der Waals surface area contributed by atoms with E-state index >= 15 is 0 Å². The van der Waals surface area contributed by atoms with Gasteiger partial charge in [-0.2, -0.15) is 0 Å².